The zero-order valence-corrected chi connectivity index (χ0v) is 29.0. The van der Waals surface area contributed by atoms with Gasteiger partial charge in [0.15, 0.2) is 23.7 Å². The Hall–Kier alpha value is -3.40. The van der Waals surface area contributed by atoms with E-state index >= 15 is 0 Å². The van der Waals surface area contributed by atoms with Crippen LogP contribution in [0.1, 0.15) is 12.5 Å². The maximum absolute atomic E-state index is 12.2. The standard InChI is InChI=1S/C31H48N6O17/c1-13-14(16(40)8-15(13)37-12-34-19-26(37)35-30(32)36-27(19)46)11-51-31(47)33-2-3-48-4-5-49-6-7-50-28-24(45)22(43)25(18(10-39)53-28)54-29-23(44)21(42)20(41)17(9-38)52-29/h12,14-18,20-25,28-29,38-45H,1-11H2,(H,33,47)(H3,32,35,36,46)/t14-,15-,16-,17?,18?,20-,21-,22+,23?,24?,25+,28+,29-/m0/s1. The molecule has 12 N–H and O–H groups in total. The van der Waals surface area contributed by atoms with Crippen molar-refractivity contribution < 1.29 is 78.8 Å². The van der Waals surface area contributed by atoms with Gasteiger partial charge >= 0.3 is 6.09 Å². The van der Waals surface area contributed by atoms with E-state index < -0.39 is 104 Å². The number of nitrogens with one attached hydrogen (secondary N) is 2. The summed E-state index contributed by atoms with van der Waals surface area (Å²) in [6.07, 6.45) is -15.5. The number of aromatic nitrogens is 4. The number of hydrogen-bond donors (Lipinski definition) is 11. The van der Waals surface area contributed by atoms with Crippen molar-refractivity contribution in [2.75, 3.05) is 65.1 Å². The molecular weight excluding hydrogens is 728 g/mol. The lowest BCUT2D eigenvalue weighted by Gasteiger charge is -2.45. The molecule has 23 heteroatoms. The van der Waals surface area contributed by atoms with Crippen LogP contribution in [-0.2, 0) is 33.2 Å². The fourth-order valence-corrected chi connectivity index (χ4v) is 6.40. The average Bonchev–Trinajstić information content (AvgIpc) is 3.69. The molecule has 2 aliphatic heterocycles. The second-order valence-electron chi connectivity index (χ2n) is 12.9. The molecule has 2 saturated heterocycles. The number of aliphatic hydroxyl groups is 8. The quantitative estimate of drug-likeness (QED) is 0.0527. The molecule has 2 aromatic heterocycles. The normalized spacial score (nSPS) is 34.4. The summed E-state index contributed by atoms with van der Waals surface area (Å²) in [5.74, 6) is -0.645. The highest BCUT2D eigenvalue weighted by Crippen LogP contribution is 2.40. The maximum Gasteiger partial charge on any atom is 0.407 e. The Morgan fingerprint density at radius 2 is 1.61 bits per heavy atom. The van der Waals surface area contributed by atoms with E-state index in [1.54, 1.807) is 4.57 Å². The third-order valence-electron chi connectivity index (χ3n) is 9.37. The summed E-state index contributed by atoms with van der Waals surface area (Å²) in [7, 11) is 0. The Morgan fingerprint density at radius 1 is 0.944 bits per heavy atom. The van der Waals surface area contributed by atoms with Crippen LogP contribution in [0.2, 0.25) is 0 Å². The molecule has 2 aromatic rings. The van der Waals surface area contributed by atoms with Crippen LogP contribution in [0.15, 0.2) is 23.3 Å². The Balaban J connectivity index is 0.925. The average molecular weight is 777 g/mol. The number of alkyl carbamates (subject to hydrolysis) is 1. The fourth-order valence-electron chi connectivity index (χ4n) is 6.40. The van der Waals surface area contributed by atoms with Crippen molar-refractivity contribution >= 4 is 23.2 Å². The minimum Gasteiger partial charge on any atom is -0.449 e. The Morgan fingerprint density at radius 3 is 2.33 bits per heavy atom. The van der Waals surface area contributed by atoms with Gasteiger partial charge in [0.2, 0.25) is 5.95 Å². The number of aromatic amines is 1. The summed E-state index contributed by atoms with van der Waals surface area (Å²) >= 11 is 0. The molecule has 3 fully saturated rings. The lowest BCUT2D eigenvalue weighted by molar-refractivity contribution is -0.359. The molecule has 4 unspecified atom stereocenters. The molecule has 1 amide bonds. The van der Waals surface area contributed by atoms with Gasteiger partial charge in [0.25, 0.3) is 5.56 Å². The highest BCUT2D eigenvalue weighted by molar-refractivity contribution is 5.71. The number of anilines is 1. The van der Waals surface area contributed by atoms with Gasteiger partial charge in [-0.15, -0.1) is 0 Å². The van der Waals surface area contributed by atoms with Crippen molar-refractivity contribution in [3.05, 3.63) is 28.8 Å². The summed E-state index contributed by atoms with van der Waals surface area (Å²) in [4.78, 5) is 35.0. The molecule has 0 radical (unpaired) electrons. The lowest BCUT2D eigenvalue weighted by atomic mass is 9.97. The predicted octanol–water partition coefficient (Wildman–Crippen LogP) is -5.42. The number of hydrogen-bond acceptors (Lipinski definition) is 20. The van der Waals surface area contributed by atoms with E-state index in [9.17, 15) is 50.4 Å². The van der Waals surface area contributed by atoms with E-state index in [1.807, 2.05) is 0 Å². The largest absolute Gasteiger partial charge is 0.449 e. The van der Waals surface area contributed by atoms with E-state index in [1.165, 1.54) is 6.33 Å². The first-order chi connectivity index (χ1) is 25.9. The van der Waals surface area contributed by atoms with E-state index in [0.29, 0.717) is 5.57 Å². The van der Waals surface area contributed by atoms with Gasteiger partial charge in [-0.25, -0.2) is 9.78 Å². The molecule has 1 aliphatic carbocycles. The molecular formula is C31H48N6O17. The zero-order chi connectivity index (χ0) is 39.1. The van der Waals surface area contributed by atoms with Gasteiger partial charge in [-0.3, -0.25) is 9.78 Å². The van der Waals surface area contributed by atoms with Gasteiger partial charge in [-0.1, -0.05) is 6.58 Å². The van der Waals surface area contributed by atoms with Crippen LogP contribution >= 0.6 is 0 Å². The molecule has 5 rings (SSSR count). The van der Waals surface area contributed by atoms with Crippen molar-refractivity contribution in [2.24, 2.45) is 5.92 Å². The number of imidazole rings is 1. The van der Waals surface area contributed by atoms with E-state index in [2.05, 4.69) is 26.8 Å². The smallest absolute Gasteiger partial charge is 0.407 e. The van der Waals surface area contributed by atoms with Gasteiger partial charge in [0.1, 0.15) is 55.4 Å². The Labute approximate surface area is 306 Å². The number of nitrogens with two attached hydrogens (primary N) is 1. The molecule has 23 nitrogen and oxygen atoms in total. The number of rotatable bonds is 17. The molecule has 0 spiro atoms. The molecule has 1 saturated carbocycles. The van der Waals surface area contributed by atoms with Crippen molar-refractivity contribution in [1.82, 2.24) is 24.8 Å². The summed E-state index contributed by atoms with van der Waals surface area (Å²) in [5.41, 5.74) is 6.11. The number of carbonyl (C=O) groups is 1. The van der Waals surface area contributed by atoms with Crippen LogP contribution < -0.4 is 16.6 Å². The maximum atomic E-state index is 12.2. The van der Waals surface area contributed by atoms with Gasteiger partial charge in [-0.05, 0) is 12.0 Å². The van der Waals surface area contributed by atoms with Gasteiger partial charge in [0.05, 0.1) is 64.7 Å². The highest BCUT2D eigenvalue weighted by Gasteiger charge is 2.50. The van der Waals surface area contributed by atoms with Crippen molar-refractivity contribution in [3.63, 3.8) is 0 Å². The minimum atomic E-state index is -1.78. The Bertz CT molecular complexity index is 1590. The molecule has 4 heterocycles. The summed E-state index contributed by atoms with van der Waals surface area (Å²) in [6.45, 7) is 3.02. The molecule has 304 valence electrons. The predicted molar refractivity (Wildman–Crippen MR) is 178 cm³/mol. The van der Waals surface area contributed by atoms with E-state index in [-0.39, 0.29) is 69.7 Å². The number of nitrogen functional groups attached to an aromatic ring is 1. The minimum absolute atomic E-state index is 0.0320. The van der Waals surface area contributed by atoms with Crippen molar-refractivity contribution in [3.8, 4) is 0 Å². The summed E-state index contributed by atoms with van der Waals surface area (Å²) in [6, 6.07) is -0.444. The van der Waals surface area contributed by atoms with Crippen LogP contribution in [0, 0.1) is 5.92 Å². The second kappa shape index (κ2) is 19.0. The number of aliphatic hydroxyl groups excluding tert-OH is 8. The third kappa shape index (κ3) is 9.51. The van der Waals surface area contributed by atoms with Crippen molar-refractivity contribution in [2.45, 2.75) is 80.0 Å². The SMILES string of the molecule is C=C1[C@H](COC(=O)NCCOCCOCCO[C@@H]2OC(CO)[C@@H](O[C@@H]3OC(CO)[C@H](O)[C@H](O)C3O)[C@H](O)C2O)[C@@H](O)C[C@@H]1n1cnc2c(=O)[nH]c(N)nc21. The highest BCUT2D eigenvalue weighted by atomic mass is 16.7. The number of H-pyrrole nitrogens is 1. The van der Waals surface area contributed by atoms with Crippen molar-refractivity contribution in [1.29, 1.82) is 0 Å². The summed E-state index contributed by atoms with van der Waals surface area (Å²) in [5, 5.41) is 83.8. The van der Waals surface area contributed by atoms with Gasteiger partial charge < -0.3 is 89.6 Å². The molecule has 13 atom stereocenters. The van der Waals surface area contributed by atoms with Gasteiger partial charge in [-0.2, -0.15) is 4.98 Å². The van der Waals surface area contributed by atoms with Crippen LogP contribution in [0.3, 0.4) is 0 Å². The van der Waals surface area contributed by atoms with Crippen LogP contribution in [0.5, 0.6) is 0 Å². The van der Waals surface area contributed by atoms with E-state index in [0.717, 1.165) is 0 Å². The summed E-state index contributed by atoms with van der Waals surface area (Å²) < 4.78 is 39.5. The first kappa shape index (κ1) is 41.8. The zero-order valence-electron chi connectivity index (χ0n) is 29.0. The van der Waals surface area contributed by atoms with Gasteiger partial charge in [0, 0.05) is 12.5 Å². The van der Waals surface area contributed by atoms with E-state index in [4.69, 9.17) is 38.9 Å². The molecule has 0 aromatic carbocycles. The first-order valence-corrected chi connectivity index (χ1v) is 17.2. The molecule has 0 bridgehead atoms. The van der Waals surface area contributed by atoms with Crippen LogP contribution in [0.25, 0.3) is 11.2 Å². The monoisotopic (exact) mass is 776 g/mol. The second-order valence-corrected chi connectivity index (χ2v) is 12.9. The number of amides is 1. The number of ether oxygens (including phenoxy) is 7. The lowest BCUT2D eigenvalue weighted by Crippen LogP contribution is -2.64. The number of nitrogens with zero attached hydrogens (tertiary/aromatic N) is 3. The third-order valence-corrected chi connectivity index (χ3v) is 9.37. The van der Waals surface area contributed by atoms with Crippen LogP contribution in [-0.4, -0.2) is 193 Å². The topological polar surface area (TPSA) is 345 Å². The molecule has 54 heavy (non-hydrogen) atoms. The number of fused-ring (bicyclic) bond motifs is 1. The Kier molecular flexibility index (Phi) is 14.7. The number of carbonyl (C=O) groups excluding carboxylic acids is 1. The fraction of sp³-hybridized carbons (Fsp3) is 0.742. The molecule has 3 aliphatic rings. The van der Waals surface area contributed by atoms with Crippen LogP contribution in [0.4, 0.5) is 10.7 Å². The first-order valence-electron chi connectivity index (χ1n) is 17.2.